The Labute approximate surface area is 165 Å². The molecule has 0 radical (unpaired) electrons. The van der Waals surface area contributed by atoms with E-state index in [4.69, 9.17) is 0 Å². The zero-order valence-corrected chi connectivity index (χ0v) is 16.5. The molecule has 0 aliphatic rings. The van der Waals surface area contributed by atoms with E-state index in [1.54, 1.807) is 12.1 Å². The van der Waals surface area contributed by atoms with E-state index >= 15 is 0 Å². The molecule has 2 N–H and O–H groups in total. The third-order valence-electron chi connectivity index (χ3n) is 3.67. The zero-order chi connectivity index (χ0) is 19.2. The lowest BCUT2D eigenvalue weighted by molar-refractivity contribution is -0.113. The van der Waals surface area contributed by atoms with Crippen molar-refractivity contribution in [2.75, 3.05) is 16.4 Å². The van der Waals surface area contributed by atoms with Crippen molar-refractivity contribution in [3.63, 3.8) is 0 Å². The lowest BCUT2D eigenvalue weighted by Crippen LogP contribution is -2.13. The number of aromatic nitrogens is 2. The molecule has 3 rings (SSSR count). The summed E-state index contributed by atoms with van der Waals surface area (Å²) in [6, 6.07) is 14.0. The van der Waals surface area contributed by atoms with Crippen LogP contribution >= 0.6 is 23.1 Å². The van der Waals surface area contributed by atoms with Crippen molar-refractivity contribution in [2.45, 2.75) is 24.1 Å². The maximum Gasteiger partial charge on any atom is 0.234 e. The predicted molar refractivity (Wildman–Crippen MR) is 109 cm³/mol. The van der Waals surface area contributed by atoms with Crippen LogP contribution < -0.4 is 10.6 Å². The number of rotatable bonds is 7. The molecule has 2 aromatic carbocycles. The fourth-order valence-corrected chi connectivity index (χ4v) is 3.86. The Morgan fingerprint density at radius 3 is 2.63 bits per heavy atom. The minimum atomic E-state index is -0.387. The van der Waals surface area contributed by atoms with Crippen LogP contribution in [-0.2, 0) is 4.79 Å². The molecule has 1 amide bonds. The van der Waals surface area contributed by atoms with Crippen LogP contribution in [0.5, 0.6) is 0 Å². The Kier molecular flexibility index (Phi) is 6.41. The van der Waals surface area contributed by atoms with Crippen molar-refractivity contribution in [1.29, 1.82) is 0 Å². The molecule has 27 heavy (non-hydrogen) atoms. The van der Waals surface area contributed by atoms with Gasteiger partial charge >= 0.3 is 0 Å². The fraction of sp³-hybridized carbons (Fsp3) is 0.211. The summed E-state index contributed by atoms with van der Waals surface area (Å²) in [4.78, 5) is 12.0. The zero-order valence-electron chi connectivity index (χ0n) is 14.9. The highest BCUT2D eigenvalue weighted by Gasteiger charge is 2.09. The van der Waals surface area contributed by atoms with Gasteiger partial charge in [0.25, 0.3) is 0 Å². The summed E-state index contributed by atoms with van der Waals surface area (Å²) >= 11 is 2.67. The Bertz CT molecular complexity index is 912. The minimum Gasteiger partial charge on any atom is -0.330 e. The molecule has 0 saturated heterocycles. The molecule has 0 aliphatic heterocycles. The van der Waals surface area contributed by atoms with Crippen molar-refractivity contribution in [3.05, 3.63) is 59.9 Å². The average Bonchev–Trinajstić information content (AvgIpc) is 3.08. The number of amides is 1. The maximum absolute atomic E-state index is 13.1. The summed E-state index contributed by atoms with van der Waals surface area (Å²) in [6.07, 6.45) is 0. The highest BCUT2D eigenvalue weighted by Crippen LogP contribution is 2.28. The normalized spacial score (nSPS) is 10.8. The van der Waals surface area contributed by atoms with Crippen molar-refractivity contribution in [3.8, 4) is 0 Å². The molecule has 0 saturated carbocycles. The highest BCUT2D eigenvalue weighted by atomic mass is 32.2. The number of halogens is 1. The largest absolute Gasteiger partial charge is 0.330 e. The Morgan fingerprint density at radius 1 is 1.15 bits per heavy atom. The third-order valence-corrected chi connectivity index (χ3v) is 5.64. The second-order valence-electron chi connectivity index (χ2n) is 6.12. The van der Waals surface area contributed by atoms with Gasteiger partial charge in [0, 0.05) is 11.4 Å². The number of thioether (sulfide) groups is 1. The molecule has 0 fully saturated rings. The van der Waals surface area contributed by atoms with Crippen LogP contribution in [0.2, 0.25) is 0 Å². The van der Waals surface area contributed by atoms with Gasteiger partial charge in [-0.1, -0.05) is 55.1 Å². The average molecular weight is 403 g/mol. The summed E-state index contributed by atoms with van der Waals surface area (Å²) in [6.45, 7) is 4.31. The summed E-state index contributed by atoms with van der Waals surface area (Å²) < 4.78 is 13.8. The van der Waals surface area contributed by atoms with E-state index < -0.39 is 0 Å². The molecule has 0 bridgehead atoms. The van der Waals surface area contributed by atoms with Gasteiger partial charge in [-0.3, -0.25) is 4.79 Å². The Morgan fingerprint density at radius 2 is 1.93 bits per heavy atom. The number of hydrogen-bond donors (Lipinski definition) is 2. The molecule has 8 heteroatoms. The fourth-order valence-electron chi connectivity index (χ4n) is 2.28. The van der Waals surface area contributed by atoms with Crippen LogP contribution in [-0.4, -0.2) is 21.9 Å². The van der Waals surface area contributed by atoms with Gasteiger partial charge in [-0.15, -0.1) is 10.2 Å². The summed E-state index contributed by atoms with van der Waals surface area (Å²) in [7, 11) is 0. The number of carbonyl (C=O) groups is 1. The van der Waals surface area contributed by atoms with Crippen molar-refractivity contribution in [2.24, 2.45) is 0 Å². The number of nitrogens with zero attached hydrogens (tertiary/aromatic N) is 2. The second-order valence-corrected chi connectivity index (χ2v) is 8.32. The SMILES string of the molecule is CC(C)c1ccc(Nc2nnc(SCC(=O)Nc3cccc(F)c3)s2)cc1. The van der Waals surface area contributed by atoms with E-state index in [0.717, 1.165) is 5.69 Å². The van der Waals surface area contributed by atoms with Gasteiger partial charge in [0.1, 0.15) is 5.82 Å². The molecule has 1 heterocycles. The lowest BCUT2D eigenvalue weighted by Gasteiger charge is -2.06. The first-order chi connectivity index (χ1) is 13.0. The summed E-state index contributed by atoms with van der Waals surface area (Å²) in [5, 5.41) is 14.7. The molecular weight excluding hydrogens is 383 g/mol. The number of benzene rings is 2. The quantitative estimate of drug-likeness (QED) is 0.527. The van der Waals surface area contributed by atoms with Gasteiger partial charge in [-0.2, -0.15) is 0 Å². The third kappa shape index (κ3) is 5.77. The van der Waals surface area contributed by atoms with E-state index in [1.807, 2.05) is 12.1 Å². The smallest absolute Gasteiger partial charge is 0.234 e. The minimum absolute atomic E-state index is 0.175. The van der Waals surface area contributed by atoms with Gasteiger partial charge in [0.05, 0.1) is 5.75 Å². The standard InChI is InChI=1S/C19H19FN4OS2/c1-12(2)13-6-8-15(9-7-13)22-18-23-24-19(27-18)26-11-17(25)21-16-5-3-4-14(20)10-16/h3-10,12H,11H2,1-2H3,(H,21,25)(H,22,23). The Balaban J connectivity index is 1.51. The van der Waals surface area contributed by atoms with Gasteiger partial charge in [-0.25, -0.2) is 4.39 Å². The number of anilines is 3. The molecule has 5 nitrogen and oxygen atoms in total. The molecular formula is C19H19FN4OS2. The lowest BCUT2D eigenvalue weighted by atomic mass is 10.0. The monoisotopic (exact) mass is 402 g/mol. The van der Waals surface area contributed by atoms with Crippen LogP contribution in [0, 0.1) is 5.82 Å². The first-order valence-electron chi connectivity index (χ1n) is 8.38. The van der Waals surface area contributed by atoms with Crippen molar-refractivity contribution < 1.29 is 9.18 Å². The molecule has 1 aromatic heterocycles. The number of hydrogen-bond acceptors (Lipinski definition) is 6. The molecule has 140 valence electrons. The maximum atomic E-state index is 13.1. The van der Waals surface area contributed by atoms with Crippen molar-refractivity contribution >= 4 is 45.5 Å². The van der Waals surface area contributed by atoms with Gasteiger partial charge in [-0.05, 0) is 41.8 Å². The van der Waals surface area contributed by atoms with Crippen LogP contribution in [0.15, 0.2) is 52.9 Å². The first kappa shape index (κ1) is 19.3. The molecule has 0 atom stereocenters. The van der Waals surface area contributed by atoms with E-state index in [-0.39, 0.29) is 17.5 Å². The van der Waals surface area contributed by atoms with Crippen LogP contribution in [0.25, 0.3) is 0 Å². The first-order valence-corrected chi connectivity index (χ1v) is 10.2. The van der Waals surface area contributed by atoms with Gasteiger partial charge < -0.3 is 10.6 Å². The topological polar surface area (TPSA) is 66.9 Å². The van der Waals surface area contributed by atoms with Crippen molar-refractivity contribution in [1.82, 2.24) is 10.2 Å². The van der Waals surface area contributed by atoms with Crippen LogP contribution in [0.3, 0.4) is 0 Å². The second kappa shape index (κ2) is 8.96. The predicted octanol–water partition coefficient (Wildman–Crippen LogP) is 5.28. The molecule has 3 aromatic rings. The molecule has 0 aliphatic carbocycles. The van der Waals surface area contributed by atoms with Crippen LogP contribution in [0.1, 0.15) is 25.3 Å². The Hall–Kier alpha value is -2.45. The van der Waals surface area contributed by atoms with E-state index in [2.05, 4.69) is 46.8 Å². The number of nitrogens with one attached hydrogen (secondary N) is 2. The van der Waals surface area contributed by atoms with E-state index in [9.17, 15) is 9.18 Å². The highest BCUT2D eigenvalue weighted by molar-refractivity contribution is 8.01. The summed E-state index contributed by atoms with van der Waals surface area (Å²) in [5.41, 5.74) is 2.65. The van der Waals surface area contributed by atoms with Gasteiger partial charge in [0.15, 0.2) is 4.34 Å². The molecule has 0 spiro atoms. The number of carbonyl (C=O) groups excluding carboxylic acids is 1. The summed E-state index contributed by atoms with van der Waals surface area (Å²) in [5.74, 6) is 0.0530. The van der Waals surface area contributed by atoms with E-state index in [0.29, 0.717) is 21.1 Å². The van der Waals surface area contributed by atoms with E-state index in [1.165, 1.54) is 40.8 Å². The van der Waals surface area contributed by atoms with Gasteiger partial charge in [0.2, 0.25) is 11.0 Å². The van der Waals surface area contributed by atoms with Crippen LogP contribution in [0.4, 0.5) is 20.9 Å². The molecule has 0 unspecified atom stereocenters.